The Hall–Kier alpha value is 0.390. The molecule has 0 aliphatic heterocycles. The maximum atomic E-state index is 6.57. The zero-order chi connectivity index (χ0) is 12.5. The van der Waals surface area contributed by atoms with E-state index >= 15 is 0 Å². The van der Waals surface area contributed by atoms with Crippen molar-refractivity contribution in [3.8, 4) is 0 Å². The van der Waals surface area contributed by atoms with Crippen LogP contribution in [0.3, 0.4) is 0 Å². The Morgan fingerprint density at radius 1 is 0.706 bits per heavy atom. The van der Waals surface area contributed by atoms with Gasteiger partial charge in [-0.3, -0.25) is 0 Å². The first kappa shape index (κ1) is 13.8. The second kappa shape index (κ2) is 5.57. The fourth-order valence-corrected chi connectivity index (χ4v) is 8.52. The average Bonchev–Trinajstić information content (AvgIpc) is 2.29. The fourth-order valence-electron chi connectivity index (χ4n) is 1.39. The van der Waals surface area contributed by atoms with Crippen molar-refractivity contribution in [2.24, 2.45) is 0 Å². The number of hydrogen-bond acceptors (Lipinski definition) is 0. The third-order valence-electron chi connectivity index (χ3n) is 2.18. The van der Waals surface area contributed by atoms with Crippen molar-refractivity contribution in [1.29, 1.82) is 0 Å². The van der Waals surface area contributed by atoms with Gasteiger partial charge in [-0.05, 0) is 0 Å². The van der Waals surface area contributed by atoms with Gasteiger partial charge in [-0.25, -0.2) is 0 Å². The Kier molecular flexibility index (Phi) is 4.53. The van der Waals surface area contributed by atoms with Crippen LogP contribution in [0, 0.1) is 0 Å². The zero-order valence-corrected chi connectivity index (χ0v) is 13.9. The van der Waals surface area contributed by atoms with Gasteiger partial charge in [-0.2, -0.15) is 0 Å². The van der Waals surface area contributed by atoms with Gasteiger partial charge in [0.05, 0.1) is 0 Å². The van der Waals surface area contributed by atoms with Crippen LogP contribution in [0.2, 0.25) is 10.0 Å². The van der Waals surface area contributed by atoms with Gasteiger partial charge in [-0.15, -0.1) is 0 Å². The van der Waals surface area contributed by atoms with Gasteiger partial charge in [0.25, 0.3) is 0 Å². The monoisotopic (exact) mass is 422 g/mol. The molecule has 0 aliphatic rings. The summed E-state index contributed by atoms with van der Waals surface area (Å²) in [5.41, 5.74) is 0. The molecule has 90 valence electrons. The average molecular weight is 422 g/mol. The summed E-state index contributed by atoms with van der Waals surface area (Å²) in [7, 11) is 13.1. The van der Waals surface area contributed by atoms with Crippen LogP contribution in [0.1, 0.15) is 0 Å². The van der Waals surface area contributed by atoms with Gasteiger partial charge in [0.1, 0.15) is 0 Å². The van der Waals surface area contributed by atoms with Crippen molar-refractivity contribution in [1.82, 2.24) is 0 Å². The molecule has 17 heavy (non-hydrogen) atoms. The number of benzene rings is 2. The summed E-state index contributed by atoms with van der Waals surface area (Å²) in [5, 5.41) is 1.28. The van der Waals surface area contributed by atoms with Gasteiger partial charge in [0, 0.05) is 0 Å². The molecule has 2 aromatic carbocycles. The predicted octanol–water partition coefficient (Wildman–Crippen LogP) is 4.03. The van der Waals surface area contributed by atoms with E-state index in [9.17, 15) is 0 Å². The molecule has 0 amide bonds. The van der Waals surface area contributed by atoms with E-state index < -0.39 is 15.9 Å². The molecular formula is C12H8Cl4Te. The summed E-state index contributed by atoms with van der Waals surface area (Å²) in [6.07, 6.45) is 0. The van der Waals surface area contributed by atoms with E-state index in [1.54, 1.807) is 12.1 Å². The molecule has 0 aromatic heterocycles. The summed E-state index contributed by atoms with van der Waals surface area (Å²) in [4.78, 5) is 0. The molecule has 2 aromatic rings. The Morgan fingerprint density at radius 2 is 1.12 bits per heavy atom. The van der Waals surface area contributed by atoms with Gasteiger partial charge in [0.2, 0.25) is 0 Å². The summed E-state index contributed by atoms with van der Waals surface area (Å²) in [6.45, 7) is 0. The third-order valence-corrected chi connectivity index (χ3v) is 12.3. The molecule has 0 atom stereocenters. The fraction of sp³-hybridized carbons (Fsp3) is 0. The van der Waals surface area contributed by atoms with Crippen molar-refractivity contribution in [3.05, 3.63) is 58.6 Å². The maximum absolute atomic E-state index is 6.57. The van der Waals surface area contributed by atoms with E-state index in [1.165, 1.54) is 0 Å². The Bertz CT molecular complexity index is 492. The normalized spacial score (nSPS) is 12.5. The van der Waals surface area contributed by atoms with Crippen LogP contribution >= 0.6 is 41.1 Å². The minimum absolute atomic E-state index is 0.640. The van der Waals surface area contributed by atoms with Crippen molar-refractivity contribution in [3.63, 3.8) is 0 Å². The Morgan fingerprint density at radius 3 is 1.47 bits per heavy atom. The first-order valence-electron chi connectivity index (χ1n) is 4.74. The topological polar surface area (TPSA) is 0 Å². The van der Waals surface area contributed by atoms with E-state index in [0.29, 0.717) is 10.0 Å². The van der Waals surface area contributed by atoms with Crippen LogP contribution in [0.15, 0.2) is 48.5 Å². The Balaban J connectivity index is 2.49. The Labute approximate surface area is 122 Å². The number of halogens is 4. The number of rotatable bonds is 2. The molecule has 0 spiro atoms. The van der Waals surface area contributed by atoms with Crippen molar-refractivity contribution >= 4 is 64.3 Å². The van der Waals surface area contributed by atoms with Crippen LogP contribution in [0.25, 0.3) is 0 Å². The summed E-state index contributed by atoms with van der Waals surface area (Å²) < 4.78 is 1.82. The predicted molar refractivity (Wildman–Crippen MR) is 79.6 cm³/mol. The molecule has 0 aliphatic carbocycles. The molecule has 0 bridgehead atoms. The molecule has 0 saturated carbocycles. The van der Waals surface area contributed by atoms with E-state index in [0.717, 1.165) is 7.22 Å². The summed E-state index contributed by atoms with van der Waals surface area (Å²) >= 11 is 8.59. The third kappa shape index (κ3) is 3.23. The zero-order valence-electron chi connectivity index (χ0n) is 8.54. The van der Waals surface area contributed by atoms with Gasteiger partial charge < -0.3 is 0 Å². The van der Waals surface area contributed by atoms with Crippen LogP contribution in [0.4, 0.5) is 0 Å². The first-order chi connectivity index (χ1) is 8.00. The minimum atomic E-state index is -3.33. The molecule has 0 N–H and O–H groups in total. The van der Waals surface area contributed by atoms with Crippen molar-refractivity contribution < 1.29 is 0 Å². The van der Waals surface area contributed by atoms with E-state index in [1.807, 2.05) is 36.4 Å². The quantitative estimate of drug-likeness (QED) is 0.643. The van der Waals surface area contributed by atoms with E-state index in [4.69, 9.17) is 41.1 Å². The molecule has 5 heteroatoms. The molecule has 0 unspecified atom stereocenters. The van der Waals surface area contributed by atoms with Gasteiger partial charge in [0.15, 0.2) is 0 Å². The second-order valence-electron chi connectivity index (χ2n) is 3.38. The molecule has 0 fully saturated rings. The molecular weight excluding hydrogens is 414 g/mol. The van der Waals surface area contributed by atoms with Crippen molar-refractivity contribution in [2.75, 3.05) is 0 Å². The van der Waals surface area contributed by atoms with Gasteiger partial charge >= 0.3 is 123 Å². The van der Waals surface area contributed by atoms with Crippen LogP contribution < -0.4 is 7.22 Å². The standard InChI is InChI=1S/C12H8Cl4Te/c13-9-3-1-5-11(7-9)17(15,16)12-6-2-4-10(14)8-12/h1-8H. The SMILES string of the molecule is Clc1cccc([Te](Cl)(Cl)c2cccc(Cl)c2)c1. The molecule has 0 saturated heterocycles. The molecule has 0 radical (unpaired) electrons. The number of hydrogen-bond donors (Lipinski definition) is 0. The van der Waals surface area contributed by atoms with Crippen molar-refractivity contribution in [2.45, 2.75) is 0 Å². The van der Waals surface area contributed by atoms with Crippen LogP contribution in [-0.4, -0.2) is 15.9 Å². The summed E-state index contributed by atoms with van der Waals surface area (Å²) in [6, 6.07) is 14.8. The van der Waals surface area contributed by atoms with Crippen LogP contribution in [0.5, 0.6) is 0 Å². The van der Waals surface area contributed by atoms with E-state index in [-0.39, 0.29) is 0 Å². The molecule has 2 rings (SSSR count). The van der Waals surface area contributed by atoms with Gasteiger partial charge in [-0.1, -0.05) is 0 Å². The first-order valence-corrected chi connectivity index (χ1v) is 13.7. The van der Waals surface area contributed by atoms with Crippen LogP contribution in [-0.2, 0) is 0 Å². The molecule has 0 nitrogen and oxygen atoms in total. The second-order valence-corrected chi connectivity index (χ2v) is 16.9. The summed E-state index contributed by atoms with van der Waals surface area (Å²) in [5.74, 6) is 0. The van der Waals surface area contributed by atoms with E-state index in [2.05, 4.69) is 0 Å². The molecule has 0 heterocycles.